The Hall–Kier alpha value is -0.870. The molecule has 108 valence electrons. The van der Waals surface area contributed by atoms with Crippen molar-refractivity contribution >= 4 is 39.2 Å². The Kier molecular flexibility index (Phi) is 5.22. The molecular weight excluding hydrogens is 342 g/mol. The van der Waals surface area contributed by atoms with Gasteiger partial charge in [-0.2, -0.15) is 0 Å². The van der Waals surface area contributed by atoms with Crippen LogP contribution in [0.2, 0.25) is 5.02 Å². The lowest BCUT2D eigenvalue weighted by Gasteiger charge is -2.35. The molecule has 2 rings (SSSR count). The van der Waals surface area contributed by atoms with E-state index >= 15 is 0 Å². The van der Waals surface area contributed by atoms with Crippen molar-refractivity contribution in [2.45, 2.75) is 38.6 Å². The van der Waals surface area contributed by atoms with Gasteiger partial charge in [-0.25, -0.2) is 0 Å². The second-order valence-corrected chi connectivity index (χ2v) is 6.44. The molecule has 0 aliphatic carbocycles. The van der Waals surface area contributed by atoms with Gasteiger partial charge in [0.05, 0.1) is 5.02 Å². The number of amides is 1. The Morgan fingerprint density at radius 3 is 2.80 bits per heavy atom. The summed E-state index contributed by atoms with van der Waals surface area (Å²) in [7, 11) is 0. The first-order valence-electron chi connectivity index (χ1n) is 6.74. The summed E-state index contributed by atoms with van der Waals surface area (Å²) >= 11 is 9.29. The number of Topliss-reactive ketones (excluding diaryl/α,β-unsaturated/α-hetero) is 1. The third kappa shape index (κ3) is 3.61. The fourth-order valence-corrected chi connectivity index (χ4v) is 3.10. The van der Waals surface area contributed by atoms with Crippen LogP contribution in [-0.4, -0.2) is 29.2 Å². The third-order valence-electron chi connectivity index (χ3n) is 3.58. The van der Waals surface area contributed by atoms with Crippen LogP contribution in [0, 0.1) is 0 Å². The molecule has 0 N–H and O–H groups in total. The van der Waals surface area contributed by atoms with E-state index in [1.165, 1.54) is 0 Å². The lowest BCUT2D eigenvalue weighted by molar-refractivity contribution is -0.118. The second kappa shape index (κ2) is 6.72. The molecule has 5 heteroatoms. The van der Waals surface area contributed by atoms with Gasteiger partial charge in [0.2, 0.25) is 0 Å². The Morgan fingerprint density at radius 2 is 2.15 bits per heavy atom. The van der Waals surface area contributed by atoms with Crippen LogP contribution in [0.5, 0.6) is 0 Å². The highest BCUT2D eigenvalue weighted by molar-refractivity contribution is 9.10. The van der Waals surface area contributed by atoms with Crippen LogP contribution in [0.25, 0.3) is 0 Å². The number of carbonyl (C=O) groups excluding carboxylic acids is 2. The number of halogens is 2. The zero-order chi connectivity index (χ0) is 14.7. The van der Waals surface area contributed by atoms with Crippen LogP contribution >= 0.6 is 27.5 Å². The zero-order valence-corrected chi connectivity index (χ0v) is 13.7. The van der Waals surface area contributed by atoms with Gasteiger partial charge in [-0.3, -0.25) is 9.59 Å². The molecule has 0 spiro atoms. The Morgan fingerprint density at radius 1 is 1.40 bits per heavy atom. The minimum Gasteiger partial charge on any atom is -0.335 e. The van der Waals surface area contributed by atoms with Gasteiger partial charge in [0.25, 0.3) is 5.91 Å². The molecule has 1 unspecified atom stereocenters. The summed E-state index contributed by atoms with van der Waals surface area (Å²) < 4.78 is 0.713. The molecule has 1 amide bonds. The van der Waals surface area contributed by atoms with E-state index in [2.05, 4.69) is 15.9 Å². The lowest BCUT2D eigenvalue weighted by atomic mass is 9.97. The monoisotopic (exact) mass is 357 g/mol. The number of rotatable bonds is 3. The predicted molar refractivity (Wildman–Crippen MR) is 83.1 cm³/mol. The van der Waals surface area contributed by atoms with Crippen molar-refractivity contribution in [1.29, 1.82) is 0 Å². The molecule has 1 atom stereocenters. The van der Waals surface area contributed by atoms with Crippen molar-refractivity contribution in [3.05, 3.63) is 33.3 Å². The van der Waals surface area contributed by atoms with Crippen LogP contribution in [0.15, 0.2) is 22.7 Å². The van der Waals surface area contributed by atoms with Gasteiger partial charge in [0, 0.05) is 29.0 Å². The molecule has 1 heterocycles. The molecular formula is C15H17BrClNO2. The van der Waals surface area contributed by atoms with E-state index in [1.807, 2.05) is 4.90 Å². The average Bonchev–Trinajstić information content (AvgIpc) is 2.41. The highest BCUT2D eigenvalue weighted by Crippen LogP contribution is 2.26. The summed E-state index contributed by atoms with van der Waals surface area (Å²) in [5, 5.41) is 0.584. The van der Waals surface area contributed by atoms with Crippen molar-refractivity contribution in [1.82, 2.24) is 4.90 Å². The van der Waals surface area contributed by atoms with E-state index in [-0.39, 0.29) is 17.7 Å². The highest BCUT2D eigenvalue weighted by Gasteiger charge is 2.28. The van der Waals surface area contributed by atoms with Gasteiger partial charge in [0.15, 0.2) is 0 Å². The standard InChI is InChI=1S/C15H17BrClNO2/c1-10(19)8-12-4-2-3-7-18(12)15(20)11-5-6-14(17)13(16)9-11/h5-6,9,12H,2-4,7-8H2,1H3. The SMILES string of the molecule is CC(=O)CC1CCCCN1C(=O)c1ccc(Cl)c(Br)c1. The molecule has 1 aliphatic heterocycles. The topological polar surface area (TPSA) is 37.4 Å². The van der Waals surface area contributed by atoms with E-state index in [1.54, 1.807) is 25.1 Å². The number of piperidine rings is 1. The van der Waals surface area contributed by atoms with E-state index in [0.29, 0.717) is 21.5 Å². The lowest BCUT2D eigenvalue weighted by Crippen LogP contribution is -2.44. The summed E-state index contributed by atoms with van der Waals surface area (Å²) in [6.45, 7) is 2.30. The summed E-state index contributed by atoms with van der Waals surface area (Å²) in [5.41, 5.74) is 0.608. The Balaban J connectivity index is 2.20. The van der Waals surface area contributed by atoms with Gasteiger partial charge in [-0.15, -0.1) is 0 Å². The van der Waals surface area contributed by atoms with Crippen LogP contribution in [0.3, 0.4) is 0 Å². The second-order valence-electron chi connectivity index (χ2n) is 5.18. The van der Waals surface area contributed by atoms with E-state index < -0.39 is 0 Å². The summed E-state index contributed by atoms with van der Waals surface area (Å²) in [5.74, 6) is 0.111. The number of hydrogen-bond acceptors (Lipinski definition) is 2. The van der Waals surface area contributed by atoms with Crippen molar-refractivity contribution < 1.29 is 9.59 Å². The summed E-state index contributed by atoms with van der Waals surface area (Å²) in [6.07, 6.45) is 3.42. The van der Waals surface area contributed by atoms with Gasteiger partial charge in [-0.05, 0) is 60.3 Å². The molecule has 0 bridgehead atoms. The number of nitrogens with zero attached hydrogens (tertiary/aromatic N) is 1. The largest absolute Gasteiger partial charge is 0.335 e. The molecule has 1 aromatic rings. The molecule has 20 heavy (non-hydrogen) atoms. The molecule has 3 nitrogen and oxygen atoms in total. The van der Waals surface area contributed by atoms with Crippen molar-refractivity contribution in [2.24, 2.45) is 0 Å². The highest BCUT2D eigenvalue weighted by atomic mass is 79.9. The first-order chi connectivity index (χ1) is 9.49. The molecule has 0 saturated carbocycles. The molecule has 1 aliphatic rings. The maximum absolute atomic E-state index is 12.6. The fraction of sp³-hybridized carbons (Fsp3) is 0.467. The van der Waals surface area contributed by atoms with Crippen LogP contribution in [0.1, 0.15) is 43.0 Å². The van der Waals surface area contributed by atoms with Crippen molar-refractivity contribution in [2.75, 3.05) is 6.54 Å². The maximum atomic E-state index is 12.6. The maximum Gasteiger partial charge on any atom is 0.254 e. The number of benzene rings is 1. The van der Waals surface area contributed by atoms with Gasteiger partial charge < -0.3 is 4.90 Å². The average molecular weight is 359 g/mol. The van der Waals surface area contributed by atoms with Crippen molar-refractivity contribution in [3.63, 3.8) is 0 Å². The molecule has 0 aromatic heterocycles. The van der Waals surface area contributed by atoms with Gasteiger partial charge in [-0.1, -0.05) is 11.6 Å². The molecule has 1 aromatic carbocycles. The van der Waals surface area contributed by atoms with Crippen molar-refractivity contribution in [3.8, 4) is 0 Å². The predicted octanol–water partition coefficient (Wildman–Crippen LogP) is 4.08. The summed E-state index contributed by atoms with van der Waals surface area (Å²) in [6, 6.07) is 5.21. The van der Waals surface area contributed by atoms with Crippen LogP contribution in [-0.2, 0) is 4.79 Å². The normalized spacial score (nSPS) is 18.9. The number of carbonyl (C=O) groups is 2. The fourth-order valence-electron chi connectivity index (χ4n) is 2.61. The smallest absolute Gasteiger partial charge is 0.254 e. The summed E-state index contributed by atoms with van der Waals surface area (Å²) in [4.78, 5) is 25.8. The minimum atomic E-state index is -0.0201. The first-order valence-corrected chi connectivity index (χ1v) is 7.91. The third-order valence-corrected chi connectivity index (χ3v) is 4.79. The van der Waals surface area contributed by atoms with Crippen LogP contribution < -0.4 is 0 Å². The number of hydrogen-bond donors (Lipinski definition) is 0. The molecule has 1 fully saturated rings. The minimum absolute atomic E-state index is 0.0201. The van der Waals surface area contributed by atoms with E-state index in [9.17, 15) is 9.59 Å². The molecule has 0 radical (unpaired) electrons. The zero-order valence-electron chi connectivity index (χ0n) is 11.4. The van der Waals surface area contributed by atoms with E-state index in [0.717, 1.165) is 25.8 Å². The Labute approximate surface area is 132 Å². The number of likely N-dealkylation sites (tertiary alicyclic amines) is 1. The quantitative estimate of drug-likeness (QED) is 0.816. The van der Waals surface area contributed by atoms with E-state index in [4.69, 9.17) is 11.6 Å². The number of ketones is 1. The molecule has 1 saturated heterocycles. The van der Waals surface area contributed by atoms with Crippen LogP contribution in [0.4, 0.5) is 0 Å². The first kappa shape index (κ1) is 15.5. The Bertz CT molecular complexity index is 533. The van der Waals surface area contributed by atoms with Gasteiger partial charge in [0.1, 0.15) is 5.78 Å². The van der Waals surface area contributed by atoms with Gasteiger partial charge >= 0.3 is 0 Å².